The van der Waals surface area contributed by atoms with Crippen LogP contribution in [0.3, 0.4) is 0 Å². The van der Waals surface area contributed by atoms with Crippen LogP contribution in [0.1, 0.15) is 19.8 Å². The average molecular weight is 300 g/mol. The van der Waals surface area contributed by atoms with E-state index in [0.717, 1.165) is 12.8 Å². The van der Waals surface area contributed by atoms with Gasteiger partial charge in [-0.2, -0.15) is 0 Å². The van der Waals surface area contributed by atoms with E-state index in [1.165, 1.54) is 18.2 Å². The minimum atomic E-state index is -3.80. The second-order valence-electron chi connectivity index (χ2n) is 4.51. The van der Waals surface area contributed by atoms with Crippen LogP contribution in [0.5, 0.6) is 0 Å². The molecule has 0 bridgehead atoms. The van der Waals surface area contributed by atoms with Crippen molar-refractivity contribution in [3.63, 3.8) is 0 Å². The molecule has 0 atom stereocenters. The Morgan fingerprint density at radius 1 is 1.35 bits per heavy atom. The number of primary amides is 1. The number of hydrogen-bond donors (Lipinski definition) is 3. The third-order valence-corrected chi connectivity index (χ3v) is 3.71. The average Bonchev–Trinajstić information content (AvgIpc) is 2.33. The molecule has 112 valence electrons. The zero-order valence-electron chi connectivity index (χ0n) is 11.4. The van der Waals surface area contributed by atoms with Gasteiger partial charge in [0.25, 0.3) is 0 Å². The second-order valence-corrected chi connectivity index (χ2v) is 6.07. The van der Waals surface area contributed by atoms with E-state index in [1.807, 2.05) is 6.92 Å². The molecule has 1 aromatic rings. The van der Waals surface area contributed by atoms with Crippen LogP contribution in [-0.4, -0.2) is 27.4 Å². The highest BCUT2D eigenvalue weighted by Gasteiger charge is 2.15. The Kier molecular flexibility index (Phi) is 5.34. The summed E-state index contributed by atoms with van der Waals surface area (Å²) < 4.78 is 22.5. The van der Waals surface area contributed by atoms with Crippen LogP contribution in [0.25, 0.3) is 0 Å². The number of anilines is 2. The third-order valence-electron chi connectivity index (χ3n) is 2.80. The van der Waals surface area contributed by atoms with Gasteiger partial charge in [0, 0.05) is 6.54 Å². The molecule has 0 saturated carbocycles. The van der Waals surface area contributed by atoms with E-state index in [2.05, 4.69) is 0 Å². The molecule has 0 unspecified atom stereocenters. The van der Waals surface area contributed by atoms with Crippen molar-refractivity contribution in [2.75, 3.05) is 23.7 Å². The molecule has 6 N–H and O–H groups in total. The number of unbranched alkanes of at least 4 members (excludes halogenated alkanes) is 1. The zero-order chi connectivity index (χ0) is 15.3. The summed E-state index contributed by atoms with van der Waals surface area (Å²) in [5.74, 6) is -0.476. The van der Waals surface area contributed by atoms with E-state index in [9.17, 15) is 13.2 Å². The molecule has 0 aromatic heterocycles. The predicted octanol–water partition coefficient (Wildman–Crippen LogP) is 0.00800. The Bertz CT molecular complexity index is 586. The molecule has 0 fully saturated rings. The molecule has 0 aliphatic carbocycles. The Morgan fingerprint density at radius 3 is 2.45 bits per heavy atom. The summed E-state index contributed by atoms with van der Waals surface area (Å²) in [6.07, 6.45) is 1.81. The number of nitrogens with two attached hydrogens (primary N) is 3. The Balaban J connectivity index is 3.10. The second kappa shape index (κ2) is 6.58. The van der Waals surface area contributed by atoms with E-state index in [4.69, 9.17) is 16.6 Å². The maximum Gasteiger partial charge on any atom is 0.238 e. The van der Waals surface area contributed by atoms with Gasteiger partial charge in [0.1, 0.15) is 0 Å². The standard InChI is InChI=1S/C12H20N4O3S/c1-2-3-6-16(8-12(14)17)11-5-4-9(7-10(11)13)20(15,18)19/h4-5,7H,2-3,6,8,13H2,1H3,(H2,14,17)(H2,15,18,19). The molecule has 0 heterocycles. The van der Waals surface area contributed by atoms with Gasteiger partial charge in [-0.1, -0.05) is 13.3 Å². The summed E-state index contributed by atoms with van der Waals surface area (Å²) >= 11 is 0. The minimum Gasteiger partial charge on any atom is -0.397 e. The summed E-state index contributed by atoms with van der Waals surface area (Å²) in [5, 5.41) is 5.04. The van der Waals surface area contributed by atoms with Crippen molar-refractivity contribution in [3.05, 3.63) is 18.2 Å². The molecule has 8 heteroatoms. The van der Waals surface area contributed by atoms with Crippen molar-refractivity contribution in [1.29, 1.82) is 0 Å². The molecule has 0 aliphatic rings. The van der Waals surface area contributed by atoms with E-state index in [-0.39, 0.29) is 17.1 Å². The number of primary sulfonamides is 1. The number of amides is 1. The molecule has 1 aromatic carbocycles. The molecule has 7 nitrogen and oxygen atoms in total. The molecule has 0 aliphatic heterocycles. The van der Waals surface area contributed by atoms with Gasteiger partial charge in [0.05, 0.1) is 22.8 Å². The third kappa shape index (κ3) is 4.39. The van der Waals surface area contributed by atoms with E-state index in [1.54, 1.807) is 4.90 Å². The number of nitrogens with zero attached hydrogens (tertiary/aromatic N) is 1. The van der Waals surface area contributed by atoms with Gasteiger partial charge in [-0.15, -0.1) is 0 Å². The van der Waals surface area contributed by atoms with Crippen molar-refractivity contribution < 1.29 is 13.2 Å². The number of hydrogen-bond acceptors (Lipinski definition) is 5. The van der Waals surface area contributed by atoms with Gasteiger partial charge < -0.3 is 16.4 Å². The maximum absolute atomic E-state index is 11.3. The number of carbonyl (C=O) groups excluding carboxylic acids is 1. The largest absolute Gasteiger partial charge is 0.397 e. The summed E-state index contributed by atoms with van der Waals surface area (Å²) in [4.78, 5) is 12.8. The van der Waals surface area contributed by atoms with Crippen LogP contribution in [0.2, 0.25) is 0 Å². The SMILES string of the molecule is CCCCN(CC(N)=O)c1ccc(S(N)(=O)=O)cc1N. The van der Waals surface area contributed by atoms with Crippen molar-refractivity contribution in [2.24, 2.45) is 10.9 Å². The smallest absolute Gasteiger partial charge is 0.238 e. The van der Waals surface area contributed by atoms with Crippen molar-refractivity contribution in [1.82, 2.24) is 0 Å². The molecular weight excluding hydrogens is 280 g/mol. The quantitative estimate of drug-likeness (QED) is 0.610. The Hall–Kier alpha value is -1.80. The van der Waals surface area contributed by atoms with Crippen molar-refractivity contribution in [2.45, 2.75) is 24.7 Å². The van der Waals surface area contributed by atoms with Gasteiger partial charge in [0.15, 0.2) is 0 Å². The van der Waals surface area contributed by atoms with Crippen molar-refractivity contribution in [3.8, 4) is 0 Å². The lowest BCUT2D eigenvalue weighted by Crippen LogP contribution is -2.35. The Labute approximate surface area is 118 Å². The van der Waals surface area contributed by atoms with E-state index >= 15 is 0 Å². The van der Waals surface area contributed by atoms with Crippen molar-refractivity contribution >= 4 is 27.3 Å². The molecule has 0 saturated heterocycles. The highest BCUT2D eigenvalue weighted by Crippen LogP contribution is 2.26. The first-order valence-electron chi connectivity index (χ1n) is 6.21. The summed E-state index contributed by atoms with van der Waals surface area (Å²) in [7, 11) is -3.80. The van der Waals surface area contributed by atoms with Crippen LogP contribution in [0.4, 0.5) is 11.4 Å². The highest BCUT2D eigenvalue weighted by atomic mass is 32.2. The lowest BCUT2D eigenvalue weighted by molar-refractivity contribution is -0.116. The van der Waals surface area contributed by atoms with Crippen LogP contribution < -0.4 is 21.5 Å². The van der Waals surface area contributed by atoms with Crippen LogP contribution in [0.15, 0.2) is 23.1 Å². The molecule has 1 rings (SSSR count). The Morgan fingerprint density at radius 2 is 2.00 bits per heavy atom. The van der Waals surface area contributed by atoms with Gasteiger partial charge in [-0.05, 0) is 24.6 Å². The van der Waals surface area contributed by atoms with Gasteiger partial charge in [0.2, 0.25) is 15.9 Å². The molecule has 20 heavy (non-hydrogen) atoms. The first-order chi connectivity index (χ1) is 9.25. The maximum atomic E-state index is 11.3. The molecule has 0 spiro atoms. The fraction of sp³-hybridized carbons (Fsp3) is 0.417. The predicted molar refractivity (Wildman–Crippen MR) is 78.5 cm³/mol. The summed E-state index contributed by atoms with van der Waals surface area (Å²) in [6, 6.07) is 4.18. The van der Waals surface area contributed by atoms with Crippen LogP contribution in [-0.2, 0) is 14.8 Å². The lowest BCUT2D eigenvalue weighted by atomic mass is 10.2. The minimum absolute atomic E-state index is 0.0267. The number of carbonyl (C=O) groups is 1. The first kappa shape index (κ1) is 16.3. The monoisotopic (exact) mass is 300 g/mol. The number of benzene rings is 1. The van der Waals surface area contributed by atoms with E-state index < -0.39 is 15.9 Å². The first-order valence-corrected chi connectivity index (χ1v) is 7.76. The van der Waals surface area contributed by atoms with Crippen LogP contribution >= 0.6 is 0 Å². The normalized spacial score (nSPS) is 11.3. The van der Waals surface area contributed by atoms with E-state index in [0.29, 0.717) is 12.2 Å². The highest BCUT2D eigenvalue weighted by molar-refractivity contribution is 7.89. The topological polar surface area (TPSA) is 133 Å². The summed E-state index contributed by atoms with van der Waals surface area (Å²) in [6.45, 7) is 2.66. The number of sulfonamides is 1. The molecular formula is C12H20N4O3S. The van der Waals surface area contributed by atoms with Gasteiger partial charge in [-0.25, -0.2) is 13.6 Å². The fourth-order valence-electron chi connectivity index (χ4n) is 1.82. The van der Waals surface area contributed by atoms with Gasteiger partial charge >= 0.3 is 0 Å². The van der Waals surface area contributed by atoms with Gasteiger partial charge in [-0.3, -0.25) is 4.79 Å². The number of nitrogen functional groups attached to an aromatic ring is 1. The van der Waals surface area contributed by atoms with Crippen LogP contribution in [0, 0.1) is 0 Å². The fourth-order valence-corrected chi connectivity index (χ4v) is 2.37. The molecule has 0 radical (unpaired) electrons. The molecule has 1 amide bonds. The zero-order valence-corrected chi connectivity index (χ0v) is 12.2. The summed E-state index contributed by atoms with van der Waals surface area (Å²) in [5.41, 5.74) is 11.9. The lowest BCUT2D eigenvalue weighted by Gasteiger charge is -2.24. The number of rotatable bonds is 7.